The zero-order valence-corrected chi connectivity index (χ0v) is 19.2. The first-order chi connectivity index (χ1) is 15.3. The third-order valence-corrected chi connectivity index (χ3v) is 6.98. The van der Waals surface area contributed by atoms with Crippen LogP contribution in [0.4, 0.5) is 9.18 Å². The van der Waals surface area contributed by atoms with Crippen LogP contribution >= 0.6 is 0 Å². The summed E-state index contributed by atoms with van der Waals surface area (Å²) < 4.78 is 25.2. The van der Waals surface area contributed by atoms with Gasteiger partial charge >= 0.3 is 6.09 Å². The van der Waals surface area contributed by atoms with E-state index in [0.29, 0.717) is 23.5 Å². The Morgan fingerprint density at radius 3 is 2.56 bits per heavy atom. The van der Waals surface area contributed by atoms with E-state index in [9.17, 15) is 14.0 Å². The number of ether oxygens (including phenoxy) is 2. The van der Waals surface area contributed by atoms with Crippen LogP contribution in [0.1, 0.15) is 75.6 Å². The molecule has 7 heteroatoms. The SMILES string of the molecule is CC(C)OC(=O)N1CCC2(CC1)CC(CCCOc1ccc(C(=O)NC3CC3)cc1F)C2. The second kappa shape index (κ2) is 9.67. The molecule has 2 amide bonds. The number of halogens is 1. The van der Waals surface area contributed by atoms with Crippen LogP contribution in [0.3, 0.4) is 0 Å². The van der Waals surface area contributed by atoms with Gasteiger partial charge < -0.3 is 19.7 Å². The molecule has 4 rings (SSSR count). The number of nitrogens with zero attached hydrogens (tertiary/aromatic N) is 1. The van der Waals surface area contributed by atoms with Gasteiger partial charge in [-0.25, -0.2) is 9.18 Å². The Bertz CT molecular complexity index is 823. The summed E-state index contributed by atoms with van der Waals surface area (Å²) in [6, 6.07) is 4.68. The molecule has 6 nitrogen and oxygen atoms in total. The molecule has 32 heavy (non-hydrogen) atoms. The molecule has 0 unspecified atom stereocenters. The van der Waals surface area contributed by atoms with Crippen molar-refractivity contribution in [2.24, 2.45) is 11.3 Å². The van der Waals surface area contributed by atoms with E-state index >= 15 is 0 Å². The van der Waals surface area contributed by atoms with E-state index in [1.807, 2.05) is 18.7 Å². The van der Waals surface area contributed by atoms with Crippen molar-refractivity contribution < 1.29 is 23.5 Å². The predicted molar refractivity (Wildman–Crippen MR) is 119 cm³/mol. The molecule has 1 aromatic rings. The number of benzene rings is 1. The molecule has 0 aromatic heterocycles. The Morgan fingerprint density at radius 1 is 1.22 bits per heavy atom. The van der Waals surface area contributed by atoms with Crippen LogP contribution in [0.5, 0.6) is 5.75 Å². The number of hydrogen-bond acceptors (Lipinski definition) is 4. The topological polar surface area (TPSA) is 67.9 Å². The van der Waals surface area contributed by atoms with Gasteiger partial charge in [0.05, 0.1) is 12.7 Å². The van der Waals surface area contributed by atoms with Crippen LogP contribution in [0, 0.1) is 17.2 Å². The van der Waals surface area contributed by atoms with Crippen LogP contribution in [0.25, 0.3) is 0 Å². The fourth-order valence-corrected chi connectivity index (χ4v) is 5.03. The van der Waals surface area contributed by atoms with E-state index in [0.717, 1.165) is 51.6 Å². The first-order valence-corrected chi connectivity index (χ1v) is 12.0. The summed E-state index contributed by atoms with van der Waals surface area (Å²) in [6.07, 6.45) is 8.22. The molecular formula is C25H35FN2O4. The molecule has 0 radical (unpaired) electrons. The van der Waals surface area contributed by atoms with E-state index in [4.69, 9.17) is 9.47 Å². The Balaban J connectivity index is 1.12. The molecule has 2 aliphatic carbocycles. The fraction of sp³-hybridized carbons (Fsp3) is 0.680. The number of piperidine rings is 1. The lowest BCUT2D eigenvalue weighted by Crippen LogP contribution is -2.49. The number of nitrogens with one attached hydrogen (secondary N) is 1. The lowest BCUT2D eigenvalue weighted by Gasteiger charge is -2.52. The first-order valence-electron chi connectivity index (χ1n) is 12.0. The van der Waals surface area contributed by atoms with Gasteiger partial charge in [0.25, 0.3) is 5.91 Å². The maximum atomic E-state index is 14.3. The second-order valence-corrected chi connectivity index (χ2v) is 10.1. The smallest absolute Gasteiger partial charge is 0.410 e. The minimum atomic E-state index is -0.487. The molecule has 0 bridgehead atoms. The number of hydrogen-bond donors (Lipinski definition) is 1. The molecule has 1 aromatic carbocycles. The highest BCUT2D eigenvalue weighted by atomic mass is 19.1. The zero-order valence-electron chi connectivity index (χ0n) is 19.2. The monoisotopic (exact) mass is 446 g/mol. The predicted octanol–water partition coefficient (Wildman–Crippen LogP) is 4.91. The normalized spacial score (nSPS) is 20.2. The minimum Gasteiger partial charge on any atom is -0.491 e. The van der Waals surface area contributed by atoms with Gasteiger partial charge in [-0.1, -0.05) is 0 Å². The van der Waals surface area contributed by atoms with E-state index in [-0.39, 0.29) is 29.9 Å². The van der Waals surface area contributed by atoms with Crippen LogP contribution in [0.2, 0.25) is 0 Å². The third-order valence-electron chi connectivity index (χ3n) is 6.98. The summed E-state index contributed by atoms with van der Waals surface area (Å²) in [4.78, 5) is 25.9. The quantitative estimate of drug-likeness (QED) is 0.576. The highest BCUT2D eigenvalue weighted by Gasteiger charge is 2.46. The van der Waals surface area contributed by atoms with Crippen molar-refractivity contribution in [1.82, 2.24) is 10.2 Å². The lowest BCUT2D eigenvalue weighted by molar-refractivity contribution is -0.0204. The van der Waals surface area contributed by atoms with E-state index in [2.05, 4.69) is 5.32 Å². The van der Waals surface area contributed by atoms with Crippen molar-refractivity contribution >= 4 is 12.0 Å². The lowest BCUT2D eigenvalue weighted by atomic mass is 9.56. The van der Waals surface area contributed by atoms with Gasteiger partial charge in [-0.05, 0) is 94.7 Å². The highest BCUT2D eigenvalue weighted by Crippen LogP contribution is 2.54. The molecule has 1 saturated heterocycles. The van der Waals surface area contributed by atoms with Crippen LogP contribution in [-0.2, 0) is 4.74 Å². The number of likely N-dealkylation sites (tertiary alicyclic amines) is 1. The van der Waals surface area contributed by atoms with E-state index < -0.39 is 5.82 Å². The Labute approximate surface area is 189 Å². The number of rotatable bonds is 8. The molecule has 1 heterocycles. The Morgan fingerprint density at radius 2 is 1.94 bits per heavy atom. The average molecular weight is 447 g/mol. The third kappa shape index (κ3) is 5.73. The van der Waals surface area contributed by atoms with Crippen molar-refractivity contribution in [3.05, 3.63) is 29.6 Å². The van der Waals surface area contributed by atoms with Gasteiger partial charge in [-0.2, -0.15) is 0 Å². The zero-order chi connectivity index (χ0) is 22.7. The summed E-state index contributed by atoms with van der Waals surface area (Å²) in [5.74, 6) is 0.183. The largest absolute Gasteiger partial charge is 0.491 e. The summed E-state index contributed by atoms with van der Waals surface area (Å²) in [7, 11) is 0. The summed E-state index contributed by atoms with van der Waals surface area (Å²) >= 11 is 0. The molecular weight excluding hydrogens is 411 g/mol. The van der Waals surface area contributed by atoms with Crippen molar-refractivity contribution in [2.45, 2.75) is 77.4 Å². The fourth-order valence-electron chi connectivity index (χ4n) is 5.03. The highest BCUT2D eigenvalue weighted by molar-refractivity contribution is 5.94. The molecule has 1 spiro atoms. The van der Waals surface area contributed by atoms with Crippen molar-refractivity contribution in [1.29, 1.82) is 0 Å². The molecule has 3 fully saturated rings. The Hall–Kier alpha value is -2.31. The van der Waals surface area contributed by atoms with Gasteiger partial charge in [0.2, 0.25) is 0 Å². The van der Waals surface area contributed by atoms with Gasteiger partial charge in [0, 0.05) is 24.7 Å². The minimum absolute atomic E-state index is 0.0769. The van der Waals surface area contributed by atoms with Crippen LogP contribution < -0.4 is 10.1 Å². The summed E-state index contributed by atoms with van der Waals surface area (Å²) in [5, 5.41) is 2.86. The van der Waals surface area contributed by atoms with Gasteiger partial charge in [-0.15, -0.1) is 0 Å². The molecule has 1 aliphatic heterocycles. The molecule has 1 N–H and O–H groups in total. The Kier molecular flexibility index (Phi) is 6.91. The number of amides is 2. The number of carbonyl (C=O) groups excluding carboxylic acids is 2. The van der Waals surface area contributed by atoms with E-state index in [1.54, 1.807) is 12.1 Å². The molecule has 2 saturated carbocycles. The molecule has 3 aliphatic rings. The van der Waals surface area contributed by atoms with Crippen molar-refractivity contribution in [2.75, 3.05) is 19.7 Å². The molecule has 0 atom stereocenters. The maximum absolute atomic E-state index is 14.3. The summed E-state index contributed by atoms with van der Waals surface area (Å²) in [6.45, 7) is 5.80. The number of carbonyl (C=O) groups is 2. The summed E-state index contributed by atoms with van der Waals surface area (Å²) in [5.41, 5.74) is 0.730. The van der Waals surface area contributed by atoms with E-state index in [1.165, 1.54) is 18.9 Å². The van der Waals surface area contributed by atoms with Crippen molar-refractivity contribution in [3.63, 3.8) is 0 Å². The van der Waals surface area contributed by atoms with Crippen LogP contribution in [0.15, 0.2) is 18.2 Å². The van der Waals surface area contributed by atoms with Gasteiger partial charge in [-0.3, -0.25) is 4.79 Å². The maximum Gasteiger partial charge on any atom is 0.410 e. The van der Waals surface area contributed by atoms with Gasteiger partial charge in [0.15, 0.2) is 11.6 Å². The molecule has 176 valence electrons. The van der Waals surface area contributed by atoms with Gasteiger partial charge in [0.1, 0.15) is 0 Å². The standard InChI is InChI=1S/C25H35FN2O4/c1-17(2)32-24(30)28-11-9-25(10-12-28)15-18(16-25)4-3-13-31-22-8-5-19(14-21(22)26)23(29)27-20-6-7-20/h5,8,14,17-18,20H,3-4,6-7,9-13,15-16H2,1-2H3,(H,27,29). The van der Waals surface area contributed by atoms with Crippen LogP contribution in [-0.4, -0.2) is 48.7 Å². The first kappa shape index (κ1) is 22.9. The van der Waals surface area contributed by atoms with Crippen molar-refractivity contribution in [3.8, 4) is 5.75 Å². The average Bonchev–Trinajstić information content (AvgIpc) is 3.54. The second-order valence-electron chi connectivity index (χ2n) is 10.1.